The van der Waals surface area contributed by atoms with Gasteiger partial charge in [-0.25, -0.2) is 4.39 Å². The van der Waals surface area contributed by atoms with Gasteiger partial charge < -0.3 is 19.5 Å². The summed E-state index contributed by atoms with van der Waals surface area (Å²) in [4.78, 5) is 14.4. The maximum Gasteiger partial charge on any atom is 0.261 e. The van der Waals surface area contributed by atoms with Crippen LogP contribution in [0.4, 0.5) is 4.39 Å². The maximum atomic E-state index is 13.2. The van der Waals surface area contributed by atoms with E-state index >= 15 is 0 Å². The van der Waals surface area contributed by atoms with Gasteiger partial charge in [-0.3, -0.25) is 9.48 Å². The first-order valence-electron chi connectivity index (χ1n) is 10.2. The van der Waals surface area contributed by atoms with Crippen LogP contribution in [0.3, 0.4) is 0 Å². The van der Waals surface area contributed by atoms with Gasteiger partial charge in [0.2, 0.25) is 5.75 Å². The van der Waals surface area contributed by atoms with Crippen LogP contribution >= 0.6 is 11.3 Å². The Balaban J connectivity index is 1.52. The van der Waals surface area contributed by atoms with Gasteiger partial charge in [-0.2, -0.15) is 5.10 Å². The van der Waals surface area contributed by atoms with Crippen molar-refractivity contribution in [2.45, 2.75) is 20.0 Å². The lowest BCUT2D eigenvalue weighted by Crippen LogP contribution is -2.21. The van der Waals surface area contributed by atoms with Crippen molar-refractivity contribution in [3.63, 3.8) is 0 Å². The summed E-state index contributed by atoms with van der Waals surface area (Å²) in [5, 5.41) is 8.46. The first-order chi connectivity index (χ1) is 15.9. The van der Waals surface area contributed by atoms with Crippen molar-refractivity contribution < 1.29 is 23.4 Å². The van der Waals surface area contributed by atoms with Crippen molar-refractivity contribution in [1.82, 2.24) is 15.1 Å². The van der Waals surface area contributed by atoms with Crippen molar-refractivity contribution in [2.24, 2.45) is 0 Å². The molecule has 0 saturated carbocycles. The van der Waals surface area contributed by atoms with E-state index in [0.29, 0.717) is 35.2 Å². The molecule has 4 rings (SSSR count). The number of carbonyl (C=O) groups excluding carboxylic acids is 1. The molecule has 0 aliphatic heterocycles. The lowest BCUT2D eigenvalue weighted by molar-refractivity contribution is 0.0955. The van der Waals surface area contributed by atoms with Crippen LogP contribution in [0.2, 0.25) is 0 Å². The largest absolute Gasteiger partial charge is 0.493 e. The fourth-order valence-corrected chi connectivity index (χ4v) is 4.68. The Morgan fingerprint density at radius 1 is 1.03 bits per heavy atom. The van der Waals surface area contributed by atoms with Crippen LogP contribution < -0.4 is 19.5 Å². The number of nitrogens with one attached hydrogen (secondary N) is 1. The van der Waals surface area contributed by atoms with E-state index in [4.69, 9.17) is 14.2 Å². The number of benzene rings is 2. The second kappa shape index (κ2) is 9.50. The number of hydrogen-bond acceptors (Lipinski definition) is 6. The predicted octanol–water partition coefficient (Wildman–Crippen LogP) is 4.55. The lowest BCUT2D eigenvalue weighted by atomic mass is 10.1. The highest BCUT2D eigenvalue weighted by molar-refractivity contribution is 7.20. The van der Waals surface area contributed by atoms with Crippen molar-refractivity contribution in [1.29, 1.82) is 0 Å². The SMILES string of the molecule is COc1cc(CNC(=O)c2cc3c(C)nn(Cc4ccc(F)cc4)c3s2)cc(OC)c1OC. The van der Waals surface area contributed by atoms with Gasteiger partial charge in [0.25, 0.3) is 5.91 Å². The van der Waals surface area contributed by atoms with E-state index in [1.54, 1.807) is 45.6 Å². The number of rotatable bonds is 8. The number of aromatic nitrogens is 2. The number of methoxy groups -OCH3 is 3. The maximum absolute atomic E-state index is 13.2. The van der Waals surface area contributed by atoms with Crippen molar-refractivity contribution in [3.05, 3.63) is 70.0 Å². The first kappa shape index (κ1) is 22.6. The minimum Gasteiger partial charge on any atom is -0.493 e. The van der Waals surface area contributed by atoms with Gasteiger partial charge in [0.15, 0.2) is 11.5 Å². The van der Waals surface area contributed by atoms with E-state index < -0.39 is 0 Å². The molecule has 0 saturated heterocycles. The molecule has 7 nitrogen and oxygen atoms in total. The molecule has 0 aliphatic carbocycles. The quantitative estimate of drug-likeness (QED) is 0.410. The summed E-state index contributed by atoms with van der Waals surface area (Å²) >= 11 is 1.38. The van der Waals surface area contributed by atoms with Gasteiger partial charge in [-0.05, 0) is 48.4 Å². The molecule has 0 atom stereocenters. The molecule has 2 aromatic carbocycles. The fraction of sp³-hybridized carbons (Fsp3) is 0.250. The van der Waals surface area contributed by atoms with Gasteiger partial charge in [-0.1, -0.05) is 12.1 Å². The minimum atomic E-state index is -0.275. The molecule has 33 heavy (non-hydrogen) atoms. The molecule has 1 amide bonds. The van der Waals surface area contributed by atoms with Crippen LogP contribution in [0.15, 0.2) is 42.5 Å². The van der Waals surface area contributed by atoms with E-state index in [2.05, 4.69) is 10.4 Å². The number of hydrogen-bond donors (Lipinski definition) is 1. The zero-order chi connectivity index (χ0) is 23.5. The Bertz CT molecular complexity index is 1270. The van der Waals surface area contributed by atoms with Crippen LogP contribution in [0.5, 0.6) is 17.2 Å². The lowest BCUT2D eigenvalue weighted by Gasteiger charge is -2.14. The zero-order valence-corrected chi connectivity index (χ0v) is 19.6. The molecule has 0 spiro atoms. The number of aryl methyl sites for hydroxylation is 1. The predicted molar refractivity (Wildman–Crippen MR) is 125 cm³/mol. The number of fused-ring (bicyclic) bond motifs is 1. The second-order valence-electron chi connectivity index (χ2n) is 7.42. The molecule has 1 N–H and O–H groups in total. The summed E-state index contributed by atoms with van der Waals surface area (Å²) in [7, 11) is 4.64. The normalized spacial score (nSPS) is 10.9. The Hall–Kier alpha value is -3.59. The Kier molecular flexibility index (Phi) is 6.50. The topological polar surface area (TPSA) is 74.6 Å². The summed E-state index contributed by atoms with van der Waals surface area (Å²) < 4.78 is 31.1. The number of thiophene rings is 1. The summed E-state index contributed by atoms with van der Waals surface area (Å²) in [6, 6.07) is 11.8. The molecule has 2 aromatic heterocycles. The number of amides is 1. The van der Waals surface area contributed by atoms with E-state index in [0.717, 1.165) is 27.0 Å². The molecule has 2 heterocycles. The van der Waals surface area contributed by atoms with E-state index in [9.17, 15) is 9.18 Å². The number of nitrogens with zero attached hydrogens (tertiary/aromatic N) is 2. The van der Waals surface area contributed by atoms with E-state index in [1.165, 1.54) is 23.5 Å². The highest BCUT2D eigenvalue weighted by Crippen LogP contribution is 2.38. The number of ether oxygens (including phenoxy) is 3. The molecule has 9 heteroatoms. The molecule has 0 bridgehead atoms. The molecular weight excluding hydrogens is 445 g/mol. The molecule has 0 radical (unpaired) electrons. The van der Waals surface area contributed by atoms with E-state index in [1.807, 2.05) is 17.7 Å². The van der Waals surface area contributed by atoms with Crippen molar-refractivity contribution in [3.8, 4) is 17.2 Å². The third-order valence-electron chi connectivity index (χ3n) is 5.25. The average Bonchev–Trinajstić information content (AvgIpc) is 3.39. The third-order valence-corrected chi connectivity index (χ3v) is 6.40. The van der Waals surface area contributed by atoms with Gasteiger partial charge in [-0.15, -0.1) is 11.3 Å². The highest BCUT2D eigenvalue weighted by Gasteiger charge is 2.18. The summed E-state index contributed by atoms with van der Waals surface area (Å²) in [5.41, 5.74) is 2.59. The van der Waals surface area contributed by atoms with Crippen LogP contribution in [0, 0.1) is 12.7 Å². The molecule has 0 unspecified atom stereocenters. The summed E-state index contributed by atoms with van der Waals surface area (Å²) in [5.74, 6) is 1.10. The standard InChI is InChI=1S/C24H24FN3O4S/c1-14-18-11-21(33-24(18)28(27-14)13-15-5-7-17(25)8-6-15)23(29)26-12-16-9-19(30-2)22(32-4)20(10-16)31-3/h5-11H,12-13H2,1-4H3,(H,26,29). The Morgan fingerprint density at radius 2 is 1.70 bits per heavy atom. The summed E-state index contributed by atoms with van der Waals surface area (Å²) in [6.45, 7) is 2.70. The van der Waals surface area contributed by atoms with Crippen molar-refractivity contribution >= 4 is 27.5 Å². The minimum absolute atomic E-state index is 0.183. The average molecular weight is 470 g/mol. The van der Waals surface area contributed by atoms with Crippen LogP contribution in [-0.2, 0) is 13.1 Å². The molecular formula is C24H24FN3O4S. The first-order valence-corrected chi connectivity index (χ1v) is 11.0. The van der Waals surface area contributed by atoms with Crippen LogP contribution in [0.25, 0.3) is 10.2 Å². The molecule has 0 fully saturated rings. The van der Waals surface area contributed by atoms with Crippen LogP contribution in [0.1, 0.15) is 26.5 Å². The molecule has 4 aromatic rings. The third kappa shape index (κ3) is 4.63. The van der Waals surface area contributed by atoms with Crippen molar-refractivity contribution in [2.75, 3.05) is 21.3 Å². The van der Waals surface area contributed by atoms with Gasteiger partial charge >= 0.3 is 0 Å². The van der Waals surface area contributed by atoms with Gasteiger partial charge in [0.05, 0.1) is 38.4 Å². The number of halogens is 1. The Labute approximate surface area is 194 Å². The molecule has 172 valence electrons. The fourth-order valence-electron chi connectivity index (χ4n) is 3.60. The van der Waals surface area contributed by atoms with E-state index in [-0.39, 0.29) is 11.7 Å². The molecule has 0 aliphatic rings. The smallest absolute Gasteiger partial charge is 0.261 e. The monoisotopic (exact) mass is 469 g/mol. The van der Waals surface area contributed by atoms with Gasteiger partial charge in [0.1, 0.15) is 10.6 Å². The Morgan fingerprint density at radius 3 is 2.30 bits per heavy atom. The second-order valence-corrected chi connectivity index (χ2v) is 8.45. The highest BCUT2D eigenvalue weighted by atomic mass is 32.1. The van der Waals surface area contributed by atoms with Crippen LogP contribution in [-0.4, -0.2) is 37.0 Å². The number of carbonyl (C=O) groups is 1. The summed E-state index contributed by atoms with van der Waals surface area (Å²) in [6.07, 6.45) is 0. The zero-order valence-electron chi connectivity index (χ0n) is 18.8. The van der Waals surface area contributed by atoms with Gasteiger partial charge in [0, 0.05) is 11.9 Å².